The van der Waals surface area contributed by atoms with E-state index in [-0.39, 0.29) is 31.6 Å². The number of amides is 2. The largest absolute Gasteiger partial charge is 0.416 e. The highest BCUT2D eigenvalue weighted by Gasteiger charge is 2.51. The molecule has 1 atom stereocenters. The highest BCUT2D eigenvalue weighted by molar-refractivity contribution is 7.98. The van der Waals surface area contributed by atoms with Gasteiger partial charge in [-0.15, -0.1) is 6.58 Å². The van der Waals surface area contributed by atoms with Gasteiger partial charge < -0.3 is 9.80 Å². The number of carbonyl (C=O) groups is 2. The smallest absolute Gasteiger partial charge is 0.338 e. The van der Waals surface area contributed by atoms with Crippen LogP contribution in [0.4, 0.5) is 26.3 Å². The number of hydrogen-bond acceptors (Lipinski definition) is 4. The lowest BCUT2D eigenvalue weighted by molar-refractivity contribution is -0.143. The van der Waals surface area contributed by atoms with Gasteiger partial charge in [-0.25, -0.2) is 0 Å². The normalized spacial score (nSPS) is 20.8. The summed E-state index contributed by atoms with van der Waals surface area (Å²) in [6, 6.07) is 0.494. The van der Waals surface area contributed by atoms with Crippen molar-refractivity contribution in [3.63, 3.8) is 0 Å². The zero-order valence-electron chi connectivity index (χ0n) is 18.4. The summed E-state index contributed by atoms with van der Waals surface area (Å²) in [4.78, 5) is 28.7. The third-order valence-electron chi connectivity index (χ3n) is 6.16. The molecule has 5 nitrogen and oxygen atoms in total. The minimum atomic E-state index is -5.03. The van der Waals surface area contributed by atoms with Crippen molar-refractivity contribution >= 4 is 23.6 Å². The first kappa shape index (κ1) is 26.4. The van der Waals surface area contributed by atoms with Crippen LogP contribution in [0, 0.1) is 0 Å². The molecule has 0 aliphatic carbocycles. The lowest BCUT2D eigenvalue weighted by atomic mass is 9.94. The molecule has 188 valence electrons. The molecule has 0 aromatic heterocycles. The molecule has 12 heteroatoms. The van der Waals surface area contributed by atoms with Crippen LogP contribution in [-0.2, 0) is 17.1 Å². The summed E-state index contributed by atoms with van der Waals surface area (Å²) in [7, 11) is 0. The van der Waals surface area contributed by atoms with Crippen molar-refractivity contribution in [2.24, 2.45) is 0 Å². The molecule has 34 heavy (non-hydrogen) atoms. The van der Waals surface area contributed by atoms with Gasteiger partial charge in [0.1, 0.15) is 0 Å². The van der Waals surface area contributed by atoms with Crippen LogP contribution in [-0.4, -0.2) is 65.0 Å². The fourth-order valence-electron chi connectivity index (χ4n) is 4.44. The Morgan fingerprint density at radius 2 is 1.71 bits per heavy atom. The number of thioether (sulfide) groups is 1. The third kappa shape index (κ3) is 5.37. The minimum Gasteiger partial charge on any atom is -0.338 e. The van der Waals surface area contributed by atoms with E-state index in [9.17, 15) is 35.9 Å². The Morgan fingerprint density at radius 3 is 2.18 bits per heavy atom. The summed E-state index contributed by atoms with van der Waals surface area (Å²) in [6.45, 7) is 4.12. The first-order chi connectivity index (χ1) is 15.8. The molecule has 3 rings (SSSR count). The van der Waals surface area contributed by atoms with Crippen molar-refractivity contribution in [2.45, 2.75) is 43.3 Å². The average Bonchev–Trinajstić information content (AvgIpc) is 3.02. The van der Waals surface area contributed by atoms with Gasteiger partial charge in [-0.1, -0.05) is 6.08 Å². The quantitative estimate of drug-likeness (QED) is 0.457. The number of nitrogens with zero attached hydrogens (tertiary/aromatic N) is 2. The average molecular weight is 510 g/mol. The summed E-state index contributed by atoms with van der Waals surface area (Å²) in [5.41, 5.74) is -4.47. The molecule has 1 aromatic rings. The maximum Gasteiger partial charge on any atom is 0.416 e. The van der Waals surface area contributed by atoms with Crippen LogP contribution in [0.25, 0.3) is 0 Å². The fraction of sp³-hybridized carbons (Fsp3) is 0.545. The molecule has 2 amide bonds. The Balaban J connectivity index is 1.81. The second kappa shape index (κ2) is 9.80. The lowest BCUT2D eigenvalue weighted by Crippen LogP contribution is -2.59. The topological polar surface area (TPSA) is 52.7 Å². The molecular weight excluding hydrogens is 484 g/mol. The van der Waals surface area contributed by atoms with Gasteiger partial charge in [-0.3, -0.25) is 14.9 Å². The summed E-state index contributed by atoms with van der Waals surface area (Å²) in [5, 5.41) is 3.36. The van der Waals surface area contributed by atoms with E-state index in [0.29, 0.717) is 31.4 Å². The van der Waals surface area contributed by atoms with Gasteiger partial charge in [-0.05, 0) is 36.6 Å². The zero-order chi connectivity index (χ0) is 25.3. The van der Waals surface area contributed by atoms with Gasteiger partial charge in [0.05, 0.1) is 22.8 Å². The van der Waals surface area contributed by atoms with Crippen LogP contribution < -0.4 is 5.32 Å². The Hall–Kier alpha value is -2.21. The van der Waals surface area contributed by atoms with Crippen molar-refractivity contribution in [1.29, 1.82) is 0 Å². The van der Waals surface area contributed by atoms with Crippen molar-refractivity contribution in [3.05, 3.63) is 47.5 Å². The molecule has 0 saturated carbocycles. The number of piperidine rings is 1. The van der Waals surface area contributed by atoms with Crippen molar-refractivity contribution in [1.82, 2.24) is 15.1 Å². The number of hydrogen-bond donors (Lipinski definition) is 1. The molecule has 0 radical (unpaired) electrons. The Labute approximate surface area is 197 Å². The molecule has 1 N–H and O–H groups in total. The van der Waals surface area contributed by atoms with Gasteiger partial charge in [0.15, 0.2) is 0 Å². The summed E-state index contributed by atoms with van der Waals surface area (Å²) < 4.78 is 79.0. The Morgan fingerprint density at radius 1 is 1.15 bits per heavy atom. The van der Waals surface area contributed by atoms with Crippen LogP contribution in [0.3, 0.4) is 0 Å². The predicted molar refractivity (Wildman–Crippen MR) is 116 cm³/mol. The highest BCUT2D eigenvalue weighted by Crippen LogP contribution is 2.38. The van der Waals surface area contributed by atoms with E-state index in [1.165, 1.54) is 4.90 Å². The predicted octanol–water partition coefficient (Wildman–Crippen LogP) is 4.40. The number of halogens is 6. The molecule has 1 aromatic carbocycles. The van der Waals surface area contributed by atoms with Crippen LogP contribution in [0.15, 0.2) is 30.9 Å². The number of rotatable bonds is 6. The van der Waals surface area contributed by atoms with E-state index in [1.807, 2.05) is 6.26 Å². The maximum absolute atomic E-state index is 13.2. The maximum atomic E-state index is 13.2. The third-order valence-corrected chi connectivity index (χ3v) is 6.80. The number of benzene rings is 1. The fourth-order valence-corrected chi connectivity index (χ4v) is 4.91. The number of carbonyl (C=O) groups excluding carboxylic acids is 2. The van der Waals surface area contributed by atoms with Gasteiger partial charge in [0.25, 0.3) is 5.91 Å². The van der Waals surface area contributed by atoms with Crippen LogP contribution in [0.5, 0.6) is 0 Å². The van der Waals surface area contributed by atoms with Crippen molar-refractivity contribution in [3.8, 4) is 0 Å². The zero-order valence-corrected chi connectivity index (χ0v) is 19.2. The summed E-state index contributed by atoms with van der Waals surface area (Å²) in [6.07, 6.45) is -5.35. The van der Waals surface area contributed by atoms with Crippen LogP contribution in [0.2, 0.25) is 0 Å². The second-order valence-corrected chi connectivity index (χ2v) is 9.32. The van der Waals surface area contributed by atoms with Gasteiger partial charge in [0.2, 0.25) is 5.91 Å². The summed E-state index contributed by atoms with van der Waals surface area (Å²) >= 11 is 1.60. The first-order valence-electron chi connectivity index (χ1n) is 10.6. The SMILES string of the molecule is C=CCN1C(=O)C(CCSC)NC12CCN(C(=O)c1cc(C(F)(F)F)cc(C(F)(F)F)c1)CC2. The summed E-state index contributed by atoms with van der Waals surface area (Å²) in [5.74, 6) is -0.227. The first-order valence-corrected chi connectivity index (χ1v) is 12.0. The monoisotopic (exact) mass is 509 g/mol. The molecule has 2 heterocycles. The highest BCUT2D eigenvalue weighted by atomic mass is 32.2. The molecule has 2 aliphatic heterocycles. The van der Waals surface area contributed by atoms with Gasteiger partial charge >= 0.3 is 12.4 Å². The molecule has 2 aliphatic rings. The van der Waals surface area contributed by atoms with Crippen LogP contribution >= 0.6 is 11.8 Å². The van der Waals surface area contributed by atoms with E-state index in [4.69, 9.17) is 0 Å². The molecule has 2 fully saturated rings. The molecule has 0 bridgehead atoms. The lowest BCUT2D eigenvalue weighted by Gasteiger charge is -2.44. The standard InChI is InChI=1S/C22H25F6N3O2S/c1-3-7-31-19(33)17(4-10-34-2)29-20(31)5-8-30(9-6-20)18(32)14-11-15(21(23,24)25)13-16(12-14)22(26,27)28/h3,11-13,17,29H,1,4-10H2,2H3. The van der Waals surface area contributed by atoms with Crippen LogP contribution in [0.1, 0.15) is 40.7 Å². The minimum absolute atomic E-state index is 0.00206. The van der Waals surface area contributed by atoms with Crippen molar-refractivity contribution in [2.75, 3.05) is 31.6 Å². The van der Waals surface area contributed by atoms with Crippen molar-refractivity contribution < 1.29 is 35.9 Å². The van der Waals surface area contributed by atoms with E-state index >= 15 is 0 Å². The Kier molecular flexibility index (Phi) is 7.61. The number of nitrogens with one attached hydrogen (secondary N) is 1. The van der Waals surface area contributed by atoms with E-state index < -0.39 is 46.7 Å². The number of alkyl halides is 6. The van der Waals surface area contributed by atoms with E-state index in [2.05, 4.69) is 11.9 Å². The molecule has 1 unspecified atom stereocenters. The second-order valence-electron chi connectivity index (χ2n) is 8.33. The van der Waals surface area contributed by atoms with Gasteiger partial charge in [-0.2, -0.15) is 38.1 Å². The molecule has 2 saturated heterocycles. The van der Waals surface area contributed by atoms with E-state index in [0.717, 1.165) is 5.75 Å². The molecular formula is C22H25F6N3O2S. The Bertz CT molecular complexity index is 909. The number of likely N-dealkylation sites (tertiary alicyclic amines) is 1. The molecule has 1 spiro atoms. The van der Waals surface area contributed by atoms with Gasteiger partial charge in [0, 0.05) is 38.0 Å². The van der Waals surface area contributed by atoms with E-state index in [1.54, 1.807) is 22.7 Å².